The summed E-state index contributed by atoms with van der Waals surface area (Å²) in [6.45, 7) is 3.51. The van der Waals surface area contributed by atoms with E-state index in [1.807, 2.05) is 4.72 Å². The predicted octanol–water partition coefficient (Wildman–Crippen LogP) is 2.34. The Balaban J connectivity index is 2.07. The van der Waals surface area contributed by atoms with Gasteiger partial charge in [0, 0.05) is 10.3 Å². The molecule has 10 heteroatoms. The summed E-state index contributed by atoms with van der Waals surface area (Å²) in [6, 6.07) is 0.631. The Kier molecular flexibility index (Phi) is 4.49. The molecule has 0 atom stereocenters. The van der Waals surface area contributed by atoms with Crippen LogP contribution in [-0.2, 0) is 10.0 Å². The van der Waals surface area contributed by atoms with E-state index in [0.29, 0.717) is 10.8 Å². The molecule has 2 N–H and O–H groups in total. The van der Waals surface area contributed by atoms with Crippen LogP contribution in [0.15, 0.2) is 16.3 Å². The van der Waals surface area contributed by atoms with Crippen LogP contribution >= 0.6 is 22.7 Å². The molecule has 2 amide bonds. The average molecular weight is 347 g/mol. The molecule has 2 aromatic rings. The van der Waals surface area contributed by atoms with E-state index in [9.17, 15) is 13.2 Å². The number of carbonyl (C=O) groups excluding carboxylic acids is 1. The fourth-order valence-corrected chi connectivity index (χ4v) is 4.30. The first-order valence-electron chi connectivity index (χ1n) is 5.72. The summed E-state index contributed by atoms with van der Waals surface area (Å²) in [7, 11) is -2.38. The lowest BCUT2D eigenvalue weighted by atomic mass is 10.5. The standard InChI is InChI=1S/C11H13N3O4S3/c1-6-4-8(5-19-6)21(16,17)14-10(15)13-11-12-7(2)9(18-3)20-11/h4-5H,1-3H3,(H2,12,13,14,15). The minimum absolute atomic E-state index is 0.0630. The first-order valence-corrected chi connectivity index (χ1v) is 8.90. The van der Waals surface area contributed by atoms with Crippen LogP contribution in [0.2, 0.25) is 0 Å². The van der Waals surface area contributed by atoms with Crippen LogP contribution in [-0.4, -0.2) is 26.5 Å². The smallest absolute Gasteiger partial charge is 0.334 e. The number of anilines is 1. The van der Waals surface area contributed by atoms with E-state index in [4.69, 9.17) is 4.74 Å². The number of nitrogens with one attached hydrogen (secondary N) is 2. The molecule has 0 aliphatic rings. The van der Waals surface area contributed by atoms with Crippen molar-refractivity contribution in [3.05, 3.63) is 22.0 Å². The van der Waals surface area contributed by atoms with E-state index in [1.165, 1.54) is 29.9 Å². The van der Waals surface area contributed by atoms with Gasteiger partial charge in [-0.25, -0.2) is 22.9 Å². The Hall–Kier alpha value is -1.65. The first kappa shape index (κ1) is 15.7. The first-order chi connectivity index (χ1) is 9.81. The Labute approximate surface area is 130 Å². The molecule has 21 heavy (non-hydrogen) atoms. The zero-order valence-corrected chi connectivity index (χ0v) is 13.9. The summed E-state index contributed by atoms with van der Waals surface area (Å²) >= 11 is 2.41. The zero-order chi connectivity index (χ0) is 15.6. The molecular weight excluding hydrogens is 334 g/mol. The number of nitrogens with zero attached hydrogens (tertiary/aromatic N) is 1. The number of urea groups is 1. The average Bonchev–Trinajstić information content (AvgIpc) is 2.95. The molecule has 0 bridgehead atoms. The minimum atomic E-state index is -3.87. The maximum absolute atomic E-state index is 12.0. The lowest BCUT2D eigenvalue weighted by Crippen LogP contribution is -2.34. The third kappa shape index (κ3) is 3.71. The second-order valence-corrected chi connectivity index (χ2v) is 7.81. The van der Waals surface area contributed by atoms with Gasteiger partial charge in [-0.1, -0.05) is 11.3 Å². The Morgan fingerprint density at radius 3 is 2.62 bits per heavy atom. The van der Waals surface area contributed by atoms with Crippen LogP contribution in [0.1, 0.15) is 10.6 Å². The normalized spacial score (nSPS) is 11.2. The Morgan fingerprint density at radius 1 is 1.38 bits per heavy atom. The molecule has 114 valence electrons. The van der Waals surface area contributed by atoms with E-state index in [0.717, 1.165) is 16.2 Å². The summed E-state index contributed by atoms with van der Waals surface area (Å²) in [5.41, 5.74) is 0.620. The number of methoxy groups -OCH3 is 1. The van der Waals surface area contributed by atoms with Crippen molar-refractivity contribution in [2.45, 2.75) is 18.7 Å². The summed E-state index contributed by atoms with van der Waals surface area (Å²) in [6.07, 6.45) is 0. The minimum Gasteiger partial charge on any atom is -0.486 e. The lowest BCUT2D eigenvalue weighted by molar-refractivity contribution is 0.256. The van der Waals surface area contributed by atoms with Crippen LogP contribution in [0.5, 0.6) is 5.06 Å². The second-order valence-electron chi connectivity index (χ2n) is 4.05. The Morgan fingerprint density at radius 2 is 2.10 bits per heavy atom. The second kappa shape index (κ2) is 6.00. The van der Waals surface area contributed by atoms with E-state index in [1.54, 1.807) is 13.8 Å². The Bertz CT molecular complexity index is 764. The van der Waals surface area contributed by atoms with Crippen LogP contribution in [0, 0.1) is 13.8 Å². The maximum Gasteiger partial charge on any atom is 0.334 e. The van der Waals surface area contributed by atoms with E-state index in [2.05, 4.69) is 10.3 Å². The molecule has 7 nitrogen and oxygen atoms in total. The highest BCUT2D eigenvalue weighted by molar-refractivity contribution is 7.90. The van der Waals surface area contributed by atoms with E-state index in [-0.39, 0.29) is 10.0 Å². The summed E-state index contributed by atoms with van der Waals surface area (Å²) in [5, 5.41) is 4.67. The van der Waals surface area contributed by atoms with Crippen molar-refractivity contribution in [2.75, 3.05) is 12.4 Å². The topological polar surface area (TPSA) is 97.4 Å². The van der Waals surface area contributed by atoms with Gasteiger partial charge in [0.05, 0.1) is 17.7 Å². The molecule has 0 spiro atoms. The van der Waals surface area contributed by atoms with E-state index >= 15 is 0 Å². The van der Waals surface area contributed by atoms with Gasteiger partial charge in [0.1, 0.15) is 0 Å². The van der Waals surface area contributed by atoms with Crippen LogP contribution in [0.3, 0.4) is 0 Å². The number of thiophene rings is 1. The molecular formula is C11H13N3O4S3. The molecule has 0 radical (unpaired) electrons. The SMILES string of the molecule is COc1sc(NC(=O)NS(=O)(=O)c2csc(C)c2)nc1C. The van der Waals surface area contributed by atoms with Gasteiger partial charge in [0.2, 0.25) is 0 Å². The van der Waals surface area contributed by atoms with Crippen LogP contribution in [0.25, 0.3) is 0 Å². The molecule has 2 rings (SSSR count). The van der Waals surface area contributed by atoms with Gasteiger partial charge in [-0.3, -0.25) is 5.32 Å². The fourth-order valence-electron chi connectivity index (χ4n) is 1.49. The van der Waals surface area contributed by atoms with Gasteiger partial charge in [0.25, 0.3) is 10.0 Å². The molecule has 0 aliphatic heterocycles. The van der Waals surface area contributed by atoms with Gasteiger partial charge in [-0.15, -0.1) is 11.3 Å². The molecule has 0 saturated heterocycles. The highest BCUT2D eigenvalue weighted by atomic mass is 32.2. The number of rotatable bonds is 4. The van der Waals surface area contributed by atoms with Gasteiger partial charge < -0.3 is 4.74 Å². The van der Waals surface area contributed by atoms with Gasteiger partial charge in [-0.2, -0.15) is 0 Å². The number of thiazole rings is 1. The van der Waals surface area contributed by atoms with Gasteiger partial charge >= 0.3 is 6.03 Å². The summed E-state index contributed by atoms with van der Waals surface area (Å²) in [4.78, 5) is 16.7. The highest BCUT2D eigenvalue weighted by Gasteiger charge is 2.20. The van der Waals surface area contributed by atoms with Crippen molar-refractivity contribution in [1.82, 2.24) is 9.71 Å². The van der Waals surface area contributed by atoms with Gasteiger partial charge in [0.15, 0.2) is 10.2 Å². The molecule has 0 aliphatic carbocycles. The molecule has 0 unspecified atom stereocenters. The molecule has 0 saturated carbocycles. The number of aryl methyl sites for hydroxylation is 2. The van der Waals surface area contributed by atoms with Crippen molar-refractivity contribution < 1.29 is 17.9 Å². The largest absolute Gasteiger partial charge is 0.486 e. The van der Waals surface area contributed by atoms with E-state index < -0.39 is 16.1 Å². The van der Waals surface area contributed by atoms with Crippen LogP contribution in [0.4, 0.5) is 9.93 Å². The summed E-state index contributed by atoms with van der Waals surface area (Å²) in [5.74, 6) is 0. The number of hydrogen-bond donors (Lipinski definition) is 2. The van der Waals surface area contributed by atoms with Crippen molar-refractivity contribution in [2.24, 2.45) is 0 Å². The lowest BCUT2D eigenvalue weighted by Gasteiger charge is -2.04. The quantitative estimate of drug-likeness (QED) is 0.885. The monoisotopic (exact) mass is 347 g/mol. The number of ether oxygens (including phenoxy) is 1. The number of aromatic nitrogens is 1. The number of sulfonamides is 1. The maximum atomic E-state index is 12.0. The van der Waals surface area contributed by atoms with Gasteiger partial charge in [-0.05, 0) is 19.9 Å². The fraction of sp³-hybridized carbons (Fsp3) is 0.273. The zero-order valence-electron chi connectivity index (χ0n) is 11.5. The molecule has 0 aromatic carbocycles. The predicted molar refractivity (Wildman–Crippen MR) is 81.8 cm³/mol. The van der Waals surface area contributed by atoms with Crippen LogP contribution < -0.4 is 14.8 Å². The third-order valence-corrected chi connectivity index (χ3v) is 5.76. The third-order valence-electron chi connectivity index (χ3n) is 2.40. The summed E-state index contributed by atoms with van der Waals surface area (Å²) < 4.78 is 30.9. The van der Waals surface area contributed by atoms with Crippen molar-refractivity contribution >= 4 is 43.9 Å². The number of hydrogen-bond acceptors (Lipinski definition) is 7. The number of carbonyl (C=O) groups is 1. The molecule has 2 heterocycles. The highest BCUT2D eigenvalue weighted by Crippen LogP contribution is 2.29. The van der Waals surface area contributed by atoms with Crippen molar-refractivity contribution in [3.8, 4) is 5.06 Å². The molecule has 0 fully saturated rings. The van der Waals surface area contributed by atoms with Crippen molar-refractivity contribution in [1.29, 1.82) is 0 Å². The molecule has 2 aromatic heterocycles. The van der Waals surface area contributed by atoms with Crippen molar-refractivity contribution in [3.63, 3.8) is 0 Å². The number of amides is 2.